The van der Waals surface area contributed by atoms with Gasteiger partial charge in [0.2, 0.25) is 0 Å². The van der Waals surface area contributed by atoms with Gasteiger partial charge < -0.3 is 14.6 Å². The van der Waals surface area contributed by atoms with E-state index in [2.05, 4.69) is 10.3 Å². The largest absolute Gasteiger partial charge is 0.380 e. The minimum atomic E-state index is -0.537. The van der Waals surface area contributed by atoms with Crippen LogP contribution in [0.1, 0.15) is 23.1 Å². The predicted molar refractivity (Wildman–Crippen MR) is 93.8 cm³/mol. The van der Waals surface area contributed by atoms with Crippen molar-refractivity contribution in [2.75, 3.05) is 13.2 Å². The van der Waals surface area contributed by atoms with Crippen molar-refractivity contribution in [2.24, 2.45) is 0 Å². The maximum Gasteiger partial charge on any atom is 0.254 e. The van der Waals surface area contributed by atoms with Crippen LogP contribution in [0.25, 0.3) is 11.0 Å². The molecular weight excluding hydrogens is 321 g/mol. The Balaban J connectivity index is 1.79. The van der Waals surface area contributed by atoms with Crippen LogP contribution in [0, 0.1) is 5.82 Å². The van der Waals surface area contributed by atoms with Crippen LogP contribution >= 0.6 is 0 Å². The van der Waals surface area contributed by atoms with Gasteiger partial charge >= 0.3 is 0 Å². The number of imidazole rings is 1. The average Bonchev–Trinajstić information content (AvgIpc) is 2.98. The average molecular weight is 341 g/mol. The second-order valence-electron chi connectivity index (χ2n) is 5.53. The maximum absolute atomic E-state index is 13.7. The maximum atomic E-state index is 13.7. The summed E-state index contributed by atoms with van der Waals surface area (Å²) in [6.45, 7) is 4.01. The molecule has 3 rings (SSSR count). The van der Waals surface area contributed by atoms with E-state index in [1.165, 1.54) is 12.1 Å². The van der Waals surface area contributed by atoms with Crippen molar-refractivity contribution in [2.45, 2.75) is 20.0 Å². The molecule has 6 heteroatoms. The molecule has 1 heterocycles. The van der Waals surface area contributed by atoms with Crippen molar-refractivity contribution < 1.29 is 13.9 Å². The lowest BCUT2D eigenvalue weighted by molar-refractivity contribution is 0.0945. The number of hydrogen-bond acceptors (Lipinski definition) is 3. The van der Waals surface area contributed by atoms with Crippen LogP contribution in [0.15, 0.2) is 48.5 Å². The molecule has 0 atom stereocenters. The van der Waals surface area contributed by atoms with Gasteiger partial charge in [-0.05, 0) is 31.2 Å². The highest BCUT2D eigenvalue weighted by atomic mass is 19.1. The molecule has 0 aliphatic rings. The van der Waals surface area contributed by atoms with E-state index in [1.807, 2.05) is 35.8 Å². The molecule has 3 aromatic rings. The number of carbonyl (C=O) groups excluding carboxylic acids is 1. The number of carbonyl (C=O) groups is 1. The third kappa shape index (κ3) is 3.85. The van der Waals surface area contributed by atoms with Gasteiger partial charge in [-0.25, -0.2) is 9.37 Å². The van der Waals surface area contributed by atoms with Crippen LogP contribution < -0.4 is 5.32 Å². The van der Waals surface area contributed by atoms with Gasteiger partial charge in [0.15, 0.2) is 0 Å². The van der Waals surface area contributed by atoms with Crippen molar-refractivity contribution in [3.05, 3.63) is 65.7 Å². The van der Waals surface area contributed by atoms with Crippen LogP contribution in [0.4, 0.5) is 4.39 Å². The predicted octanol–water partition coefficient (Wildman–Crippen LogP) is 3.14. The van der Waals surface area contributed by atoms with Gasteiger partial charge in [-0.2, -0.15) is 0 Å². The highest BCUT2D eigenvalue weighted by Gasteiger charge is 2.14. The molecule has 1 aromatic heterocycles. The number of rotatable bonds is 7. The van der Waals surface area contributed by atoms with E-state index in [9.17, 15) is 9.18 Å². The zero-order valence-corrected chi connectivity index (χ0v) is 14.0. The summed E-state index contributed by atoms with van der Waals surface area (Å²) in [6.07, 6.45) is 0. The molecule has 0 aliphatic heterocycles. The highest BCUT2D eigenvalue weighted by Crippen LogP contribution is 2.16. The Labute approximate surface area is 145 Å². The molecule has 0 spiro atoms. The molecule has 0 bridgehead atoms. The first-order chi connectivity index (χ1) is 12.2. The van der Waals surface area contributed by atoms with Gasteiger partial charge in [-0.3, -0.25) is 4.79 Å². The molecule has 0 unspecified atom stereocenters. The molecule has 130 valence electrons. The Kier molecular flexibility index (Phi) is 5.40. The number of benzene rings is 2. The number of nitrogens with one attached hydrogen (secondary N) is 1. The van der Waals surface area contributed by atoms with E-state index < -0.39 is 11.7 Å². The minimum absolute atomic E-state index is 0.0273. The van der Waals surface area contributed by atoms with Gasteiger partial charge in [0, 0.05) is 13.2 Å². The Morgan fingerprint density at radius 2 is 1.96 bits per heavy atom. The van der Waals surface area contributed by atoms with E-state index in [0.717, 1.165) is 11.0 Å². The summed E-state index contributed by atoms with van der Waals surface area (Å²) in [5, 5.41) is 2.74. The molecule has 1 N–H and O–H groups in total. The fraction of sp³-hybridized carbons (Fsp3) is 0.263. The molecule has 5 nitrogen and oxygen atoms in total. The highest BCUT2D eigenvalue weighted by molar-refractivity contribution is 5.94. The van der Waals surface area contributed by atoms with Gasteiger partial charge in [0.25, 0.3) is 5.91 Å². The number of aromatic nitrogens is 2. The van der Waals surface area contributed by atoms with E-state index >= 15 is 0 Å². The standard InChI is InChI=1S/C19H20FN3O2/c1-2-25-12-11-23-17-10-6-5-9-16(17)22-18(23)13-21-19(24)14-7-3-4-8-15(14)20/h3-10H,2,11-13H2,1H3,(H,21,24). The zero-order chi connectivity index (χ0) is 17.6. The monoisotopic (exact) mass is 341 g/mol. The lowest BCUT2D eigenvalue weighted by atomic mass is 10.2. The van der Waals surface area contributed by atoms with E-state index in [-0.39, 0.29) is 12.1 Å². The number of fused-ring (bicyclic) bond motifs is 1. The Bertz CT molecular complexity index is 876. The van der Waals surface area contributed by atoms with Gasteiger partial charge in [-0.1, -0.05) is 24.3 Å². The first kappa shape index (κ1) is 17.1. The smallest absolute Gasteiger partial charge is 0.254 e. The summed E-state index contributed by atoms with van der Waals surface area (Å²) in [6, 6.07) is 13.7. The van der Waals surface area contributed by atoms with Gasteiger partial charge in [0.05, 0.1) is 29.7 Å². The number of halogens is 1. The lowest BCUT2D eigenvalue weighted by Gasteiger charge is -2.10. The molecule has 2 aromatic carbocycles. The van der Waals surface area contributed by atoms with Crippen molar-refractivity contribution in [1.82, 2.24) is 14.9 Å². The number of para-hydroxylation sites is 2. The van der Waals surface area contributed by atoms with Gasteiger partial charge in [-0.15, -0.1) is 0 Å². The van der Waals surface area contributed by atoms with E-state index in [1.54, 1.807) is 12.1 Å². The van der Waals surface area contributed by atoms with Crippen molar-refractivity contribution in [3.63, 3.8) is 0 Å². The van der Waals surface area contributed by atoms with Crippen LogP contribution in [-0.4, -0.2) is 28.7 Å². The second-order valence-corrected chi connectivity index (χ2v) is 5.53. The number of hydrogen-bond donors (Lipinski definition) is 1. The zero-order valence-electron chi connectivity index (χ0n) is 14.0. The van der Waals surface area contributed by atoms with E-state index in [0.29, 0.717) is 25.6 Å². The first-order valence-electron chi connectivity index (χ1n) is 8.25. The fourth-order valence-electron chi connectivity index (χ4n) is 2.71. The molecule has 0 aliphatic carbocycles. The lowest BCUT2D eigenvalue weighted by Crippen LogP contribution is -2.26. The normalized spacial score (nSPS) is 11.0. The molecular formula is C19H20FN3O2. The van der Waals surface area contributed by atoms with Crippen LogP contribution in [0.5, 0.6) is 0 Å². The van der Waals surface area contributed by atoms with E-state index in [4.69, 9.17) is 4.74 Å². The summed E-state index contributed by atoms with van der Waals surface area (Å²) in [5.41, 5.74) is 1.87. The Morgan fingerprint density at radius 3 is 2.76 bits per heavy atom. The Morgan fingerprint density at radius 1 is 1.20 bits per heavy atom. The SMILES string of the molecule is CCOCCn1c(CNC(=O)c2ccccc2F)nc2ccccc21. The number of nitrogens with zero attached hydrogens (tertiary/aromatic N) is 2. The van der Waals surface area contributed by atoms with Crippen LogP contribution in [0.3, 0.4) is 0 Å². The van der Waals surface area contributed by atoms with Gasteiger partial charge in [0.1, 0.15) is 11.6 Å². The topological polar surface area (TPSA) is 56.1 Å². The first-order valence-corrected chi connectivity index (χ1v) is 8.25. The fourth-order valence-corrected chi connectivity index (χ4v) is 2.71. The quantitative estimate of drug-likeness (QED) is 0.672. The summed E-state index contributed by atoms with van der Waals surface area (Å²) in [4.78, 5) is 16.8. The van der Waals surface area contributed by atoms with Crippen molar-refractivity contribution in [1.29, 1.82) is 0 Å². The van der Waals surface area contributed by atoms with Crippen LogP contribution in [0.2, 0.25) is 0 Å². The van der Waals surface area contributed by atoms with Crippen molar-refractivity contribution >= 4 is 16.9 Å². The summed E-state index contributed by atoms with van der Waals surface area (Å²) >= 11 is 0. The third-order valence-corrected chi connectivity index (χ3v) is 3.92. The molecule has 1 amide bonds. The molecule has 0 saturated heterocycles. The third-order valence-electron chi connectivity index (χ3n) is 3.92. The number of amides is 1. The molecule has 0 radical (unpaired) electrons. The van der Waals surface area contributed by atoms with Crippen LogP contribution in [-0.2, 0) is 17.8 Å². The van der Waals surface area contributed by atoms with Crippen molar-refractivity contribution in [3.8, 4) is 0 Å². The molecule has 25 heavy (non-hydrogen) atoms. The summed E-state index contributed by atoms with van der Waals surface area (Å²) in [7, 11) is 0. The summed E-state index contributed by atoms with van der Waals surface area (Å²) < 4.78 is 21.2. The molecule has 0 fully saturated rings. The Hall–Kier alpha value is -2.73. The number of ether oxygens (including phenoxy) is 1. The minimum Gasteiger partial charge on any atom is -0.380 e. The second kappa shape index (κ2) is 7.90. The summed E-state index contributed by atoms with van der Waals surface area (Å²) in [5.74, 6) is -0.281. The molecule has 0 saturated carbocycles.